The first kappa shape index (κ1) is 16.7. The number of ether oxygens (including phenoxy) is 1. The van der Waals surface area contributed by atoms with Crippen molar-refractivity contribution in [3.8, 4) is 5.75 Å². The van der Waals surface area contributed by atoms with Crippen molar-refractivity contribution in [2.24, 2.45) is 0 Å². The molecule has 0 bridgehead atoms. The number of nitrogens with one attached hydrogen (secondary N) is 1. The third-order valence-electron chi connectivity index (χ3n) is 3.79. The zero-order valence-electron chi connectivity index (χ0n) is 13.7. The molecule has 6 heteroatoms. The number of carbonyl (C=O) groups excluding carboxylic acids is 2. The van der Waals surface area contributed by atoms with Crippen molar-refractivity contribution in [3.63, 3.8) is 0 Å². The molecule has 0 aromatic heterocycles. The number of hydrogen-bond acceptors (Lipinski definition) is 3. The zero-order valence-corrected chi connectivity index (χ0v) is 13.7. The van der Waals surface area contributed by atoms with Crippen LogP contribution in [0.25, 0.3) is 6.08 Å². The van der Waals surface area contributed by atoms with Crippen LogP contribution in [0.4, 0.5) is 9.18 Å². The number of amides is 3. The molecule has 0 spiro atoms. The molecule has 0 aliphatic carbocycles. The van der Waals surface area contributed by atoms with Crippen molar-refractivity contribution in [1.82, 2.24) is 10.2 Å². The highest BCUT2D eigenvalue weighted by atomic mass is 19.1. The number of nitrogens with zero attached hydrogens (tertiary/aromatic N) is 1. The number of imide groups is 1. The Balaban J connectivity index is 1.64. The summed E-state index contributed by atoms with van der Waals surface area (Å²) < 4.78 is 18.5. The summed E-state index contributed by atoms with van der Waals surface area (Å²) in [4.78, 5) is 24.8. The normalized spacial score (nSPS) is 15.6. The van der Waals surface area contributed by atoms with E-state index in [1.165, 1.54) is 12.1 Å². The van der Waals surface area contributed by atoms with Crippen LogP contribution in [0.2, 0.25) is 0 Å². The maximum Gasteiger partial charge on any atom is 0.328 e. The molecule has 1 aliphatic heterocycles. The topological polar surface area (TPSA) is 58.6 Å². The SMILES string of the molecule is CCN1C(=O)N/C(=C/c2ccc(OCc3ccc(F)cc3)cc2)C1=O. The number of benzene rings is 2. The quantitative estimate of drug-likeness (QED) is 0.671. The van der Waals surface area contributed by atoms with Crippen LogP contribution >= 0.6 is 0 Å². The van der Waals surface area contributed by atoms with Gasteiger partial charge in [-0.2, -0.15) is 0 Å². The molecule has 1 fully saturated rings. The Hall–Kier alpha value is -3.15. The second-order valence-corrected chi connectivity index (χ2v) is 5.52. The summed E-state index contributed by atoms with van der Waals surface area (Å²) in [5.41, 5.74) is 1.90. The van der Waals surface area contributed by atoms with Crippen molar-refractivity contribution in [3.05, 3.63) is 71.2 Å². The average molecular weight is 340 g/mol. The van der Waals surface area contributed by atoms with Crippen LogP contribution in [-0.4, -0.2) is 23.4 Å². The molecule has 25 heavy (non-hydrogen) atoms. The van der Waals surface area contributed by atoms with E-state index in [1.807, 2.05) is 0 Å². The molecule has 1 heterocycles. The van der Waals surface area contributed by atoms with Gasteiger partial charge in [-0.3, -0.25) is 9.69 Å². The Morgan fingerprint density at radius 2 is 1.76 bits per heavy atom. The van der Waals surface area contributed by atoms with Crippen LogP contribution < -0.4 is 10.1 Å². The van der Waals surface area contributed by atoms with E-state index in [0.29, 0.717) is 18.9 Å². The minimum Gasteiger partial charge on any atom is -0.489 e. The number of hydrogen-bond donors (Lipinski definition) is 1. The Bertz CT molecular complexity index is 814. The highest BCUT2D eigenvalue weighted by Gasteiger charge is 2.31. The van der Waals surface area contributed by atoms with Gasteiger partial charge in [0.1, 0.15) is 23.9 Å². The summed E-state index contributed by atoms with van der Waals surface area (Å²) in [7, 11) is 0. The van der Waals surface area contributed by atoms with Crippen LogP contribution in [0.5, 0.6) is 5.75 Å². The molecule has 3 rings (SSSR count). The lowest BCUT2D eigenvalue weighted by Crippen LogP contribution is -2.30. The molecule has 1 saturated heterocycles. The van der Waals surface area contributed by atoms with Crippen molar-refractivity contribution in [1.29, 1.82) is 0 Å². The van der Waals surface area contributed by atoms with Crippen LogP contribution in [0.3, 0.4) is 0 Å². The van der Waals surface area contributed by atoms with Crippen molar-refractivity contribution < 1.29 is 18.7 Å². The summed E-state index contributed by atoms with van der Waals surface area (Å²) in [5, 5.41) is 2.56. The van der Waals surface area contributed by atoms with Gasteiger partial charge in [0.15, 0.2) is 0 Å². The van der Waals surface area contributed by atoms with Crippen LogP contribution in [-0.2, 0) is 11.4 Å². The number of carbonyl (C=O) groups is 2. The van der Waals surface area contributed by atoms with Gasteiger partial charge in [0, 0.05) is 6.54 Å². The number of rotatable bonds is 5. The van der Waals surface area contributed by atoms with Gasteiger partial charge in [0.2, 0.25) is 0 Å². The lowest BCUT2D eigenvalue weighted by molar-refractivity contribution is -0.122. The highest BCUT2D eigenvalue weighted by molar-refractivity contribution is 6.13. The summed E-state index contributed by atoms with van der Waals surface area (Å²) in [6.45, 7) is 2.41. The predicted molar refractivity (Wildman–Crippen MR) is 91.1 cm³/mol. The largest absolute Gasteiger partial charge is 0.489 e. The fourth-order valence-electron chi connectivity index (χ4n) is 2.43. The maximum atomic E-state index is 12.9. The predicted octanol–water partition coefficient (Wildman–Crippen LogP) is 3.32. The molecule has 0 radical (unpaired) electrons. The number of halogens is 1. The van der Waals surface area contributed by atoms with Gasteiger partial charge >= 0.3 is 6.03 Å². The molecular formula is C19H17FN2O3. The van der Waals surface area contributed by atoms with Gasteiger partial charge in [-0.1, -0.05) is 24.3 Å². The Morgan fingerprint density at radius 3 is 2.36 bits per heavy atom. The summed E-state index contributed by atoms with van der Waals surface area (Å²) in [6, 6.07) is 12.8. The van der Waals surface area contributed by atoms with E-state index >= 15 is 0 Å². The van der Waals surface area contributed by atoms with E-state index in [4.69, 9.17) is 4.74 Å². The second-order valence-electron chi connectivity index (χ2n) is 5.52. The third-order valence-corrected chi connectivity index (χ3v) is 3.79. The third kappa shape index (κ3) is 3.85. The maximum absolute atomic E-state index is 12.9. The van der Waals surface area contributed by atoms with E-state index in [0.717, 1.165) is 16.0 Å². The van der Waals surface area contributed by atoms with Gasteiger partial charge in [-0.15, -0.1) is 0 Å². The van der Waals surface area contributed by atoms with Crippen LogP contribution in [0, 0.1) is 5.82 Å². The molecule has 0 saturated carbocycles. The second kappa shape index (κ2) is 7.17. The Kier molecular flexibility index (Phi) is 4.79. The zero-order chi connectivity index (χ0) is 17.8. The molecule has 0 unspecified atom stereocenters. The van der Waals surface area contributed by atoms with Gasteiger partial charge in [0.25, 0.3) is 5.91 Å². The lowest BCUT2D eigenvalue weighted by atomic mass is 10.2. The smallest absolute Gasteiger partial charge is 0.328 e. The molecule has 1 N–H and O–H groups in total. The first-order valence-electron chi connectivity index (χ1n) is 7.88. The molecule has 5 nitrogen and oxygen atoms in total. The summed E-state index contributed by atoms with van der Waals surface area (Å²) in [6.07, 6.45) is 1.62. The van der Waals surface area contributed by atoms with Crippen LogP contribution in [0.15, 0.2) is 54.2 Å². The van der Waals surface area contributed by atoms with E-state index < -0.39 is 6.03 Å². The molecule has 0 atom stereocenters. The van der Waals surface area contributed by atoms with Crippen molar-refractivity contribution in [2.45, 2.75) is 13.5 Å². The highest BCUT2D eigenvalue weighted by Crippen LogP contribution is 2.18. The van der Waals surface area contributed by atoms with Crippen LogP contribution in [0.1, 0.15) is 18.1 Å². The van der Waals surface area contributed by atoms with Crippen molar-refractivity contribution >= 4 is 18.0 Å². The minimum absolute atomic E-state index is 0.256. The average Bonchev–Trinajstić information content (AvgIpc) is 2.88. The molecule has 1 aliphatic rings. The standard InChI is InChI=1S/C19H17FN2O3/c1-2-22-18(23)17(21-19(22)24)11-13-5-9-16(10-6-13)25-12-14-3-7-15(20)8-4-14/h3-11H,2,12H2,1H3,(H,21,24)/b17-11+. The van der Waals surface area contributed by atoms with E-state index in [2.05, 4.69) is 5.32 Å². The monoisotopic (exact) mass is 340 g/mol. The molecule has 128 valence electrons. The summed E-state index contributed by atoms with van der Waals surface area (Å²) >= 11 is 0. The summed E-state index contributed by atoms with van der Waals surface area (Å²) in [5.74, 6) is 0.0453. The lowest BCUT2D eigenvalue weighted by Gasteiger charge is -2.07. The fraction of sp³-hybridized carbons (Fsp3) is 0.158. The van der Waals surface area contributed by atoms with Crippen molar-refractivity contribution in [2.75, 3.05) is 6.54 Å². The molecule has 2 aromatic rings. The Morgan fingerprint density at radius 1 is 1.08 bits per heavy atom. The first-order valence-corrected chi connectivity index (χ1v) is 7.88. The minimum atomic E-state index is -0.405. The molecular weight excluding hydrogens is 323 g/mol. The van der Waals surface area contributed by atoms with Gasteiger partial charge in [-0.05, 0) is 48.4 Å². The van der Waals surface area contributed by atoms with Gasteiger partial charge in [-0.25, -0.2) is 9.18 Å². The van der Waals surface area contributed by atoms with E-state index in [1.54, 1.807) is 49.4 Å². The fourth-order valence-corrected chi connectivity index (χ4v) is 2.43. The Labute approximate surface area is 144 Å². The number of urea groups is 1. The van der Waals surface area contributed by atoms with Gasteiger partial charge < -0.3 is 10.1 Å². The molecule has 2 aromatic carbocycles. The molecule has 3 amide bonds. The number of likely N-dealkylation sites (N-methyl/N-ethyl adjacent to an activating group) is 1. The van der Waals surface area contributed by atoms with Gasteiger partial charge in [0.05, 0.1) is 0 Å². The van der Waals surface area contributed by atoms with E-state index in [9.17, 15) is 14.0 Å². The van der Waals surface area contributed by atoms with E-state index in [-0.39, 0.29) is 17.4 Å². The first-order chi connectivity index (χ1) is 12.1.